The Bertz CT molecular complexity index is 542. The number of hydrogen-bond donors (Lipinski definition) is 0. The van der Waals surface area contributed by atoms with E-state index in [9.17, 15) is 4.79 Å². The van der Waals surface area contributed by atoms with Crippen molar-refractivity contribution in [2.45, 2.75) is 58.8 Å². The summed E-state index contributed by atoms with van der Waals surface area (Å²) in [5.41, 5.74) is 2.73. The van der Waals surface area contributed by atoms with E-state index in [0.29, 0.717) is 5.92 Å². The molecule has 3 nitrogen and oxygen atoms in total. The Hall–Kier alpha value is -1.51. The van der Waals surface area contributed by atoms with Gasteiger partial charge in [-0.05, 0) is 54.2 Å². The van der Waals surface area contributed by atoms with Gasteiger partial charge in [0.1, 0.15) is 5.75 Å². The molecule has 1 aliphatic carbocycles. The van der Waals surface area contributed by atoms with E-state index in [0.717, 1.165) is 38.0 Å². The molecule has 1 saturated carbocycles. The normalized spacial score (nSPS) is 20.2. The molecule has 128 valence electrons. The number of rotatable bonds is 7. The molecule has 2 unspecified atom stereocenters. The van der Waals surface area contributed by atoms with E-state index in [4.69, 9.17) is 9.47 Å². The predicted octanol–water partition coefficient (Wildman–Crippen LogP) is 4.51. The molecular weight excluding hydrogens is 288 g/mol. The molecule has 23 heavy (non-hydrogen) atoms. The Kier molecular flexibility index (Phi) is 5.72. The Morgan fingerprint density at radius 1 is 1.30 bits per heavy atom. The molecule has 0 aliphatic heterocycles. The lowest BCUT2D eigenvalue weighted by molar-refractivity contribution is -0.142. The number of carbonyl (C=O) groups is 1. The first-order valence-corrected chi connectivity index (χ1v) is 8.70. The molecule has 1 aliphatic rings. The Balaban J connectivity index is 2.06. The smallest absolute Gasteiger partial charge is 0.308 e. The first-order valence-electron chi connectivity index (χ1n) is 8.70. The summed E-state index contributed by atoms with van der Waals surface area (Å²) < 4.78 is 10.7. The van der Waals surface area contributed by atoms with Crippen LogP contribution < -0.4 is 4.74 Å². The summed E-state index contributed by atoms with van der Waals surface area (Å²) in [6, 6.07) is 6.56. The highest BCUT2D eigenvalue weighted by Crippen LogP contribution is 2.43. The van der Waals surface area contributed by atoms with Gasteiger partial charge < -0.3 is 9.47 Å². The fourth-order valence-corrected chi connectivity index (χ4v) is 2.94. The second-order valence-corrected chi connectivity index (χ2v) is 7.59. The number of esters is 1. The van der Waals surface area contributed by atoms with Crippen LogP contribution in [0.1, 0.15) is 58.1 Å². The third-order valence-corrected chi connectivity index (χ3v) is 4.60. The minimum absolute atomic E-state index is 0.0547. The van der Waals surface area contributed by atoms with E-state index in [1.807, 2.05) is 0 Å². The number of carbonyl (C=O) groups excluding carboxylic acids is 1. The Morgan fingerprint density at radius 2 is 2.04 bits per heavy atom. The quantitative estimate of drug-likeness (QED) is 0.694. The van der Waals surface area contributed by atoms with Crippen molar-refractivity contribution in [3.63, 3.8) is 0 Å². The molecule has 2 atom stereocenters. The summed E-state index contributed by atoms with van der Waals surface area (Å²) >= 11 is 0. The number of aryl methyl sites for hydroxylation is 1. The van der Waals surface area contributed by atoms with Gasteiger partial charge in [-0.1, -0.05) is 39.8 Å². The summed E-state index contributed by atoms with van der Waals surface area (Å²) in [5, 5.41) is 0. The summed E-state index contributed by atoms with van der Waals surface area (Å²) in [6.45, 7) is 9.55. The molecule has 2 rings (SSSR count). The minimum Gasteiger partial charge on any atom is -0.493 e. The van der Waals surface area contributed by atoms with E-state index in [2.05, 4.69) is 45.9 Å². The third kappa shape index (κ3) is 4.73. The van der Waals surface area contributed by atoms with Crippen molar-refractivity contribution in [2.75, 3.05) is 13.7 Å². The van der Waals surface area contributed by atoms with Crippen molar-refractivity contribution < 1.29 is 14.3 Å². The van der Waals surface area contributed by atoms with Crippen LogP contribution in [-0.4, -0.2) is 19.7 Å². The van der Waals surface area contributed by atoms with Gasteiger partial charge in [0, 0.05) is 0 Å². The first-order chi connectivity index (χ1) is 10.9. The second-order valence-electron chi connectivity index (χ2n) is 7.59. The topological polar surface area (TPSA) is 35.5 Å². The van der Waals surface area contributed by atoms with Gasteiger partial charge in [-0.3, -0.25) is 4.79 Å². The van der Waals surface area contributed by atoms with Crippen LogP contribution in [-0.2, 0) is 21.4 Å². The molecule has 1 fully saturated rings. The third-order valence-electron chi connectivity index (χ3n) is 4.60. The molecule has 0 radical (unpaired) electrons. The van der Waals surface area contributed by atoms with Crippen LogP contribution in [0.2, 0.25) is 0 Å². The maximum atomic E-state index is 11.5. The highest BCUT2D eigenvalue weighted by molar-refractivity contribution is 5.75. The van der Waals surface area contributed by atoms with E-state index in [1.54, 1.807) is 0 Å². The summed E-state index contributed by atoms with van der Waals surface area (Å²) in [4.78, 5) is 11.5. The molecule has 1 aromatic rings. The van der Waals surface area contributed by atoms with Gasteiger partial charge in [0.25, 0.3) is 0 Å². The highest BCUT2D eigenvalue weighted by Gasteiger charge is 2.43. The average molecular weight is 318 g/mol. The van der Waals surface area contributed by atoms with E-state index >= 15 is 0 Å². The van der Waals surface area contributed by atoms with Gasteiger partial charge in [-0.2, -0.15) is 0 Å². The SMILES string of the molecule is CCCOc1ccc(C(C)(C)C)cc1CCC1CC1C(=O)OC. The van der Waals surface area contributed by atoms with Crippen molar-refractivity contribution in [3.05, 3.63) is 29.3 Å². The number of benzene rings is 1. The summed E-state index contributed by atoms with van der Waals surface area (Å²) in [5.74, 6) is 1.53. The average Bonchev–Trinajstić information content (AvgIpc) is 3.29. The van der Waals surface area contributed by atoms with Crippen LogP contribution in [0.15, 0.2) is 18.2 Å². The zero-order chi connectivity index (χ0) is 17.0. The van der Waals surface area contributed by atoms with Crippen LogP contribution in [0.3, 0.4) is 0 Å². The van der Waals surface area contributed by atoms with Crippen LogP contribution in [0.25, 0.3) is 0 Å². The van der Waals surface area contributed by atoms with Crippen molar-refractivity contribution in [3.8, 4) is 5.75 Å². The van der Waals surface area contributed by atoms with Crippen LogP contribution in [0.5, 0.6) is 5.75 Å². The first kappa shape index (κ1) is 17.8. The lowest BCUT2D eigenvalue weighted by atomic mass is 9.85. The van der Waals surface area contributed by atoms with E-state index in [1.165, 1.54) is 18.2 Å². The molecule has 0 N–H and O–H groups in total. The molecule has 3 heteroatoms. The summed E-state index contributed by atoms with van der Waals surface area (Å²) in [6.07, 6.45) is 3.96. The van der Waals surface area contributed by atoms with Gasteiger partial charge in [-0.25, -0.2) is 0 Å². The molecule has 0 saturated heterocycles. The lowest BCUT2D eigenvalue weighted by Gasteiger charge is -2.21. The van der Waals surface area contributed by atoms with Gasteiger partial charge in [-0.15, -0.1) is 0 Å². The van der Waals surface area contributed by atoms with E-state index in [-0.39, 0.29) is 17.3 Å². The van der Waals surface area contributed by atoms with Crippen molar-refractivity contribution in [1.82, 2.24) is 0 Å². The van der Waals surface area contributed by atoms with Gasteiger partial charge in [0.2, 0.25) is 0 Å². The minimum atomic E-state index is -0.0547. The molecule has 0 amide bonds. The molecule has 0 bridgehead atoms. The molecule has 0 spiro atoms. The second kappa shape index (κ2) is 7.37. The molecule has 0 aromatic heterocycles. The maximum Gasteiger partial charge on any atom is 0.308 e. The molecular formula is C20H30O3. The number of hydrogen-bond acceptors (Lipinski definition) is 3. The van der Waals surface area contributed by atoms with Crippen LogP contribution in [0.4, 0.5) is 0 Å². The van der Waals surface area contributed by atoms with Gasteiger partial charge in [0.15, 0.2) is 0 Å². The van der Waals surface area contributed by atoms with E-state index < -0.39 is 0 Å². The van der Waals surface area contributed by atoms with Gasteiger partial charge in [0.05, 0.1) is 19.6 Å². The van der Waals surface area contributed by atoms with Crippen molar-refractivity contribution in [2.24, 2.45) is 11.8 Å². The Morgan fingerprint density at radius 3 is 2.65 bits per heavy atom. The predicted molar refractivity (Wildman–Crippen MR) is 92.9 cm³/mol. The molecule has 0 heterocycles. The van der Waals surface area contributed by atoms with Crippen LogP contribution in [0, 0.1) is 11.8 Å². The van der Waals surface area contributed by atoms with Gasteiger partial charge >= 0.3 is 5.97 Å². The Labute approximate surface area is 140 Å². The fraction of sp³-hybridized carbons (Fsp3) is 0.650. The zero-order valence-electron chi connectivity index (χ0n) is 15.1. The standard InChI is InChI=1S/C20H30O3/c1-6-11-23-18-10-9-16(20(2,3)4)12-15(18)8-7-14-13-17(14)19(21)22-5/h9-10,12,14,17H,6-8,11,13H2,1-5H3. The summed E-state index contributed by atoms with van der Waals surface area (Å²) in [7, 11) is 1.47. The molecule has 1 aromatic carbocycles. The zero-order valence-corrected chi connectivity index (χ0v) is 15.1. The number of methoxy groups -OCH3 is 1. The monoisotopic (exact) mass is 318 g/mol. The fourth-order valence-electron chi connectivity index (χ4n) is 2.94. The largest absolute Gasteiger partial charge is 0.493 e. The lowest BCUT2D eigenvalue weighted by Crippen LogP contribution is -2.12. The number of ether oxygens (including phenoxy) is 2. The highest BCUT2D eigenvalue weighted by atomic mass is 16.5. The van der Waals surface area contributed by atoms with Crippen molar-refractivity contribution >= 4 is 5.97 Å². The van der Waals surface area contributed by atoms with Crippen LogP contribution >= 0.6 is 0 Å². The maximum absolute atomic E-state index is 11.5. The van der Waals surface area contributed by atoms with Crippen molar-refractivity contribution in [1.29, 1.82) is 0 Å².